The highest BCUT2D eigenvalue weighted by atomic mass is 16.2. The van der Waals surface area contributed by atoms with Gasteiger partial charge >= 0.3 is 0 Å². The standard InChI is InChI=1S/C31H27N5O3/c37-28(27-26(21-22-7-3-1-4-8-22)33-31-32-15-16-36(31)30(27)39)23-11-13-24(14-12-23)29(38)35-19-17-34(18-20-35)25-9-5-2-6-10-25/h1-16H,17-21H2,(H,32,33). The van der Waals surface area contributed by atoms with Gasteiger partial charge in [-0.3, -0.25) is 18.8 Å². The summed E-state index contributed by atoms with van der Waals surface area (Å²) in [4.78, 5) is 51.8. The molecule has 0 unspecified atom stereocenters. The van der Waals surface area contributed by atoms with E-state index >= 15 is 0 Å². The lowest BCUT2D eigenvalue weighted by Crippen LogP contribution is -2.48. The number of carbonyl (C=O) groups excluding carboxylic acids is 2. The average molecular weight is 518 g/mol. The summed E-state index contributed by atoms with van der Waals surface area (Å²) >= 11 is 0. The number of piperazine rings is 1. The monoisotopic (exact) mass is 517 g/mol. The molecule has 3 aromatic carbocycles. The van der Waals surface area contributed by atoms with Crippen LogP contribution in [-0.2, 0) is 6.42 Å². The molecule has 2 aromatic heterocycles. The molecule has 1 N–H and O–H groups in total. The number of carbonyl (C=O) groups is 2. The first-order valence-electron chi connectivity index (χ1n) is 12.9. The van der Waals surface area contributed by atoms with Gasteiger partial charge in [0.25, 0.3) is 11.5 Å². The number of aromatic nitrogens is 3. The third kappa shape index (κ3) is 4.84. The van der Waals surface area contributed by atoms with E-state index in [-0.39, 0.29) is 11.5 Å². The molecule has 8 nitrogen and oxygen atoms in total. The molecule has 0 bridgehead atoms. The first-order chi connectivity index (χ1) is 19.1. The molecule has 194 valence electrons. The Labute approximate surface area is 225 Å². The molecule has 0 radical (unpaired) electrons. The van der Waals surface area contributed by atoms with E-state index in [2.05, 4.69) is 27.0 Å². The van der Waals surface area contributed by atoms with Gasteiger partial charge in [-0.1, -0.05) is 60.7 Å². The molecule has 1 aliphatic heterocycles. The zero-order valence-electron chi connectivity index (χ0n) is 21.3. The fourth-order valence-electron chi connectivity index (χ4n) is 5.05. The summed E-state index contributed by atoms with van der Waals surface area (Å²) in [5.41, 5.74) is 2.98. The van der Waals surface area contributed by atoms with Crippen molar-refractivity contribution in [2.24, 2.45) is 0 Å². The van der Waals surface area contributed by atoms with Crippen molar-refractivity contribution in [2.75, 3.05) is 31.1 Å². The van der Waals surface area contributed by atoms with Crippen molar-refractivity contribution < 1.29 is 9.59 Å². The van der Waals surface area contributed by atoms with Crippen molar-refractivity contribution in [1.82, 2.24) is 19.3 Å². The van der Waals surface area contributed by atoms with Crippen LogP contribution in [-0.4, -0.2) is 57.1 Å². The first kappa shape index (κ1) is 24.4. The highest BCUT2D eigenvalue weighted by Crippen LogP contribution is 2.19. The maximum atomic E-state index is 13.6. The van der Waals surface area contributed by atoms with Gasteiger partial charge in [0, 0.05) is 61.8 Å². The predicted octanol–water partition coefficient (Wildman–Crippen LogP) is 3.81. The number of imidazole rings is 1. The number of anilines is 1. The van der Waals surface area contributed by atoms with E-state index in [0.717, 1.165) is 24.3 Å². The Morgan fingerprint density at radius 3 is 2.13 bits per heavy atom. The third-order valence-electron chi connectivity index (χ3n) is 7.15. The zero-order valence-corrected chi connectivity index (χ0v) is 21.3. The fourth-order valence-corrected chi connectivity index (χ4v) is 5.05. The summed E-state index contributed by atoms with van der Waals surface area (Å²) in [5.74, 6) is -0.0951. The molecule has 0 aliphatic carbocycles. The normalized spacial score (nSPS) is 13.5. The van der Waals surface area contributed by atoms with Crippen LogP contribution in [0.1, 0.15) is 37.5 Å². The van der Waals surface area contributed by atoms with E-state index in [4.69, 9.17) is 0 Å². The molecule has 3 heterocycles. The number of amides is 1. The maximum Gasteiger partial charge on any atom is 0.270 e. The van der Waals surface area contributed by atoms with Crippen LogP contribution in [0.2, 0.25) is 0 Å². The van der Waals surface area contributed by atoms with Crippen LogP contribution < -0.4 is 10.5 Å². The van der Waals surface area contributed by atoms with Gasteiger partial charge in [-0.05, 0) is 29.8 Å². The van der Waals surface area contributed by atoms with Gasteiger partial charge in [0.15, 0.2) is 5.78 Å². The number of benzene rings is 3. The number of fused-ring (bicyclic) bond motifs is 1. The smallest absolute Gasteiger partial charge is 0.270 e. The van der Waals surface area contributed by atoms with Crippen LogP contribution >= 0.6 is 0 Å². The van der Waals surface area contributed by atoms with E-state index in [9.17, 15) is 14.4 Å². The molecule has 0 saturated carbocycles. The second kappa shape index (κ2) is 10.4. The van der Waals surface area contributed by atoms with Gasteiger partial charge in [0.2, 0.25) is 5.78 Å². The molecule has 1 amide bonds. The number of ketones is 1. The molecule has 0 spiro atoms. The van der Waals surface area contributed by atoms with E-state index in [1.165, 1.54) is 4.40 Å². The van der Waals surface area contributed by atoms with Crippen molar-refractivity contribution in [3.63, 3.8) is 0 Å². The maximum absolute atomic E-state index is 13.6. The van der Waals surface area contributed by atoms with Crippen molar-refractivity contribution in [2.45, 2.75) is 6.42 Å². The Morgan fingerprint density at radius 2 is 1.44 bits per heavy atom. The minimum Gasteiger partial charge on any atom is -0.368 e. The van der Waals surface area contributed by atoms with E-state index in [1.807, 2.05) is 53.4 Å². The number of aromatic amines is 1. The summed E-state index contributed by atoms with van der Waals surface area (Å²) in [5, 5.41) is 0. The highest BCUT2D eigenvalue weighted by Gasteiger charge is 2.24. The SMILES string of the molecule is O=C(c1ccc(C(=O)N2CCN(c3ccccc3)CC2)cc1)c1c(Cc2ccccc2)nc2[nH]ccn2c1=O. The third-order valence-corrected chi connectivity index (χ3v) is 7.15. The second-order valence-corrected chi connectivity index (χ2v) is 9.58. The predicted molar refractivity (Wildman–Crippen MR) is 149 cm³/mol. The Kier molecular flexibility index (Phi) is 6.50. The van der Waals surface area contributed by atoms with Crippen molar-refractivity contribution in [1.29, 1.82) is 0 Å². The first-order valence-corrected chi connectivity index (χ1v) is 12.9. The minimum absolute atomic E-state index is 0.0343. The number of H-pyrrole nitrogens is 1. The molecule has 6 rings (SSSR count). The van der Waals surface area contributed by atoms with E-state index < -0.39 is 11.3 Å². The summed E-state index contributed by atoms with van der Waals surface area (Å²) in [6, 6.07) is 26.4. The number of hydrogen-bond donors (Lipinski definition) is 1. The van der Waals surface area contributed by atoms with Crippen LogP contribution in [0.25, 0.3) is 5.78 Å². The lowest BCUT2D eigenvalue weighted by atomic mass is 9.98. The zero-order chi connectivity index (χ0) is 26.8. The molecule has 5 aromatic rings. The second-order valence-electron chi connectivity index (χ2n) is 9.58. The van der Waals surface area contributed by atoms with Crippen LogP contribution in [0.4, 0.5) is 5.69 Å². The van der Waals surface area contributed by atoms with Gasteiger partial charge in [-0.15, -0.1) is 0 Å². The lowest BCUT2D eigenvalue weighted by Gasteiger charge is -2.36. The molecule has 1 aliphatic rings. The molecule has 1 saturated heterocycles. The van der Waals surface area contributed by atoms with Crippen LogP contribution in [0.5, 0.6) is 0 Å². The number of para-hydroxylation sites is 1. The topological polar surface area (TPSA) is 90.8 Å². The van der Waals surface area contributed by atoms with Crippen LogP contribution in [0, 0.1) is 0 Å². The Balaban J connectivity index is 1.22. The Bertz CT molecular complexity index is 1680. The van der Waals surface area contributed by atoms with Crippen molar-refractivity contribution in [3.8, 4) is 0 Å². The molecule has 0 atom stereocenters. The Morgan fingerprint density at radius 1 is 0.795 bits per heavy atom. The highest BCUT2D eigenvalue weighted by molar-refractivity contribution is 6.10. The summed E-state index contributed by atoms with van der Waals surface area (Å²) < 4.78 is 1.34. The molecule has 39 heavy (non-hydrogen) atoms. The van der Waals surface area contributed by atoms with Crippen LogP contribution in [0.15, 0.2) is 102 Å². The van der Waals surface area contributed by atoms with Gasteiger partial charge in [-0.25, -0.2) is 4.98 Å². The molecule has 8 heteroatoms. The number of hydrogen-bond acceptors (Lipinski definition) is 5. The van der Waals surface area contributed by atoms with Gasteiger partial charge in [0.1, 0.15) is 5.56 Å². The van der Waals surface area contributed by atoms with E-state index in [0.29, 0.717) is 42.1 Å². The van der Waals surface area contributed by atoms with Gasteiger partial charge < -0.3 is 14.8 Å². The lowest BCUT2D eigenvalue weighted by molar-refractivity contribution is 0.0746. The average Bonchev–Trinajstić information content (AvgIpc) is 3.47. The number of nitrogens with zero attached hydrogens (tertiary/aromatic N) is 4. The van der Waals surface area contributed by atoms with Gasteiger partial charge in [0.05, 0.1) is 5.69 Å². The van der Waals surface area contributed by atoms with E-state index in [1.54, 1.807) is 36.7 Å². The van der Waals surface area contributed by atoms with Crippen molar-refractivity contribution in [3.05, 3.63) is 136 Å². The fraction of sp³-hybridized carbons (Fsp3) is 0.161. The summed E-state index contributed by atoms with van der Waals surface area (Å²) in [7, 11) is 0. The summed E-state index contributed by atoms with van der Waals surface area (Å²) in [6.07, 6.45) is 3.52. The molecule has 1 fully saturated rings. The molecular weight excluding hydrogens is 490 g/mol. The number of rotatable bonds is 6. The molecular formula is C31H27N5O3. The minimum atomic E-state index is -0.423. The van der Waals surface area contributed by atoms with Crippen LogP contribution in [0.3, 0.4) is 0 Å². The Hall–Kier alpha value is -4.98. The van der Waals surface area contributed by atoms with Crippen molar-refractivity contribution >= 4 is 23.2 Å². The summed E-state index contributed by atoms with van der Waals surface area (Å²) in [6.45, 7) is 2.76. The largest absolute Gasteiger partial charge is 0.368 e. The quantitative estimate of drug-likeness (QED) is 0.346. The number of nitrogens with one attached hydrogen (secondary N) is 1. The van der Waals surface area contributed by atoms with Gasteiger partial charge in [-0.2, -0.15) is 0 Å².